The van der Waals surface area contributed by atoms with Crippen LogP contribution in [0.1, 0.15) is 5.56 Å². The van der Waals surface area contributed by atoms with Crippen molar-refractivity contribution >= 4 is 11.7 Å². The highest BCUT2D eigenvalue weighted by Crippen LogP contribution is 2.16. The zero-order valence-corrected chi connectivity index (χ0v) is 15.0. The van der Waals surface area contributed by atoms with Gasteiger partial charge in [-0.05, 0) is 11.6 Å². The molecule has 2 aromatic rings. The number of carbonyl (C=O) groups is 1. The maximum atomic E-state index is 12.4. The summed E-state index contributed by atoms with van der Waals surface area (Å²) < 4.78 is 10.4. The Balaban J connectivity index is 1.48. The van der Waals surface area contributed by atoms with Crippen molar-refractivity contribution in [2.24, 2.45) is 0 Å². The summed E-state index contributed by atoms with van der Waals surface area (Å²) >= 11 is 0. The molecule has 0 radical (unpaired) electrons. The van der Waals surface area contributed by atoms with Gasteiger partial charge in [0.25, 0.3) is 0 Å². The number of piperazine rings is 1. The molecule has 0 aliphatic carbocycles. The highest BCUT2D eigenvalue weighted by Gasteiger charge is 2.22. The summed E-state index contributed by atoms with van der Waals surface area (Å²) in [6.07, 6.45) is 0.453. The van der Waals surface area contributed by atoms with Gasteiger partial charge in [0.2, 0.25) is 11.8 Å². The average Bonchev–Trinajstić information content (AvgIpc) is 2.70. The van der Waals surface area contributed by atoms with Crippen LogP contribution in [0.25, 0.3) is 0 Å². The molecule has 0 saturated carbocycles. The Kier molecular flexibility index (Phi) is 6.38. The minimum atomic E-state index is 0.170. The topological polar surface area (TPSA) is 67.8 Å². The van der Waals surface area contributed by atoms with Crippen molar-refractivity contribution in [2.45, 2.75) is 6.42 Å². The van der Waals surface area contributed by atoms with Crippen molar-refractivity contribution in [3.63, 3.8) is 0 Å². The second kappa shape index (κ2) is 9.15. The maximum absolute atomic E-state index is 12.4. The van der Waals surface area contributed by atoms with Crippen LogP contribution in [0.4, 0.5) is 5.82 Å². The van der Waals surface area contributed by atoms with Gasteiger partial charge in [-0.15, -0.1) is 10.2 Å². The van der Waals surface area contributed by atoms with Crippen LogP contribution in [-0.4, -0.2) is 67.5 Å². The molecule has 1 saturated heterocycles. The smallest absolute Gasteiger partial charge is 0.233 e. The van der Waals surface area contributed by atoms with Crippen LogP contribution in [0.3, 0.4) is 0 Å². The lowest BCUT2D eigenvalue weighted by molar-refractivity contribution is -0.130. The Morgan fingerprint density at radius 3 is 2.42 bits per heavy atom. The van der Waals surface area contributed by atoms with E-state index in [0.717, 1.165) is 24.5 Å². The summed E-state index contributed by atoms with van der Waals surface area (Å²) in [7, 11) is 1.63. The molecular weight excluding hydrogens is 332 g/mol. The summed E-state index contributed by atoms with van der Waals surface area (Å²) in [5.41, 5.74) is 1.05. The fourth-order valence-corrected chi connectivity index (χ4v) is 2.86. The molecule has 2 heterocycles. The number of methoxy groups -OCH3 is 1. The number of aromatic nitrogens is 2. The van der Waals surface area contributed by atoms with Crippen molar-refractivity contribution in [3.05, 3.63) is 48.0 Å². The molecule has 1 aliphatic heterocycles. The van der Waals surface area contributed by atoms with Gasteiger partial charge in [0.1, 0.15) is 6.61 Å². The number of benzene rings is 1. The standard InChI is InChI=1S/C19H24N4O3/c1-25-13-14-26-18-8-7-17(20-21-18)22-9-11-23(12-10-22)19(24)15-16-5-3-2-4-6-16/h2-8H,9-15H2,1H3. The number of anilines is 1. The minimum Gasteiger partial charge on any atom is -0.474 e. The van der Waals surface area contributed by atoms with Crippen molar-refractivity contribution in [3.8, 4) is 5.88 Å². The third kappa shape index (κ3) is 4.92. The highest BCUT2D eigenvalue weighted by atomic mass is 16.5. The molecule has 0 N–H and O–H groups in total. The lowest BCUT2D eigenvalue weighted by Crippen LogP contribution is -2.49. The molecule has 0 atom stereocenters. The van der Waals surface area contributed by atoms with Gasteiger partial charge in [0.15, 0.2) is 5.82 Å². The summed E-state index contributed by atoms with van der Waals surface area (Å²) in [6, 6.07) is 13.6. The predicted molar refractivity (Wildman–Crippen MR) is 98.3 cm³/mol. The van der Waals surface area contributed by atoms with Crippen LogP contribution in [0, 0.1) is 0 Å². The molecule has 1 fully saturated rings. The maximum Gasteiger partial charge on any atom is 0.233 e. The van der Waals surface area contributed by atoms with Gasteiger partial charge in [-0.1, -0.05) is 30.3 Å². The third-order valence-electron chi connectivity index (χ3n) is 4.32. The zero-order valence-electron chi connectivity index (χ0n) is 15.0. The Hall–Kier alpha value is -2.67. The molecule has 3 rings (SSSR count). The molecule has 1 aromatic heterocycles. The van der Waals surface area contributed by atoms with Gasteiger partial charge in [0, 0.05) is 39.4 Å². The Morgan fingerprint density at radius 1 is 1.00 bits per heavy atom. The van der Waals surface area contributed by atoms with E-state index < -0.39 is 0 Å². The molecule has 0 unspecified atom stereocenters. The fourth-order valence-electron chi connectivity index (χ4n) is 2.86. The number of ether oxygens (including phenoxy) is 2. The second-order valence-corrected chi connectivity index (χ2v) is 6.10. The molecule has 26 heavy (non-hydrogen) atoms. The average molecular weight is 356 g/mol. The van der Waals surface area contributed by atoms with Crippen LogP contribution < -0.4 is 9.64 Å². The van der Waals surface area contributed by atoms with E-state index in [0.29, 0.717) is 38.6 Å². The van der Waals surface area contributed by atoms with Crippen molar-refractivity contribution < 1.29 is 14.3 Å². The first-order valence-corrected chi connectivity index (χ1v) is 8.78. The molecule has 1 aromatic carbocycles. The normalized spacial score (nSPS) is 14.3. The van der Waals surface area contributed by atoms with Gasteiger partial charge in [-0.2, -0.15) is 0 Å². The van der Waals surface area contributed by atoms with Gasteiger partial charge < -0.3 is 19.3 Å². The number of hydrogen-bond acceptors (Lipinski definition) is 6. The second-order valence-electron chi connectivity index (χ2n) is 6.10. The predicted octanol–water partition coefficient (Wildman–Crippen LogP) is 1.39. The number of nitrogens with zero attached hydrogens (tertiary/aromatic N) is 4. The van der Waals surface area contributed by atoms with E-state index in [4.69, 9.17) is 9.47 Å². The molecule has 7 heteroatoms. The molecular formula is C19H24N4O3. The third-order valence-corrected chi connectivity index (χ3v) is 4.32. The summed E-state index contributed by atoms with van der Waals surface area (Å²) in [6.45, 7) is 3.85. The number of amides is 1. The largest absolute Gasteiger partial charge is 0.474 e. The Morgan fingerprint density at radius 2 is 1.77 bits per heavy atom. The van der Waals surface area contributed by atoms with E-state index in [-0.39, 0.29) is 5.91 Å². The molecule has 1 aliphatic rings. The van der Waals surface area contributed by atoms with E-state index in [1.54, 1.807) is 7.11 Å². The number of rotatable bonds is 7. The molecule has 7 nitrogen and oxygen atoms in total. The molecule has 1 amide bonds. The van der Waals surface area contributed by atoms with Crippen LogP contribution >= 0.6 is 0 Å². The van der Waals surface area contributed by atoms with Crippen LogP contribution in [0.15, 0.2) is 42.5 Å². The van der Waals surface area contributed by atoms with Crippen molar-refractivity contribution in [1.29, 1.82) is 0 Å². The van der Waals surface area contributed by atoms with Gasteiger partial charge >= 0.3 is 0 Å². The summed E-state index contributed by atoms with van der Waals surface area (Å²) in [4.78, 5) is 16.5. The molecule has 0 bridgehead atoms. The van der Waals surface area contributed by atoms with Gasteiger partial charge in [-0.3, -0.25) is 4.79 Å². The zero-order chi connectivity index (χ0) is 18.2. The SMILES string of the molecule is COCCOc1ccc(N2CCN(C(=O)Cc3ccccc3)CC2)nn1. The fraction of sp³-hybridized carbons (Fsp3) is 0.421. The Labute approximate surface area is 153 Å². The number of hydrogen-bond donors (Lipinski definition) is 0. The lowest BCUT2D eigenvalue weighted by atomic mass is 10.1. The highest BCUT2D eigenvalue weighted by molar-refractivity contribution is 5.79. The first kappa shape index (κ1) is 18.1. The summed E-state index contributed by atoms with van der Waals surface area (Å²) in [5, 5.41) is 8.31. The van der Waals surface area contributed by atoms with Gasteiger partial charge in [-0.25, -0.2) is 0 Å². The van der Waals surface area contributed by atoms with E-state index >= 15 is 0 Å². The monoisotopic (exact) mass is 356 g/mol. The van der Waals surface area contributed by atoms with Gasteiger partial charge in [0.05, 0.1) is 13.0 Å². The first-order valence-electron chi connectivity index (χ1n) is 8.78. The number of carbonyl (C=O) groups excluding carboxylic acids is 1. The first-order chi connectivity index (χ1) is 12.8. The molecule has 0 spiro atoms. The van der Waals surface area contributed by atoms with E-state index in [1.165, 1.54) is 0 Å². The Bertz CT molecular complexity index is 686. The van der Waals surface area contributed by atoms with Crippen LogP contribution in [0.2, 0.25) is 0 Å². The van der Waals surface area contributed by atoms with Crippen LogP contribution in [0.5, 0.6) is 5.88 Å². The molecule has 138 valence electrons. The van der Waals surface area contributed by atoms with E-state index in [9.17, 15) is 4.79 Å². The van der Waals surface area contributed by atoms with Crippen molar-refractivity contribution in [2.75, 3.05) is 51.4 Å². The lowest BCUT2D eigenvalue weighted by Gasteiger charge is -2.35. The minimum absolute atomic E-state index is 0.170. The van der Waals surface area contributed by atoms with Crippen LogP contribution in [-0.2, 0) is 16.0 Å². The van der Waals surface area contributed by atoms with E-state index in [1.807, 2.05) is 47.4 Å². The van der Waals surface area contributed by atoms with Crippen molar-refractivity contribution in [1.82, 2.24) is 15.1 Å². The van der Waals surface area contributed by atoms with E-state index in [2.05, 4.69) is 15.1 Å². The summed E-state index contributed by atoms with van der Waals surface area (Å²) in [5.74, 6) is 1.46. The quantitative estimate of drug-likeness (QED) is 0.699.